The van der Waals surface area contributed by atoms with Crippen LogP contribution in [-0.2, 0) is 0 Å². The van der Waals surface area contributed by atoms with Crippen LogP contribution in [0.1, 0.15) is 18.3 Å². The van der Waals surface area contributed by atoms with E-state index in [9.17, 15) is 26.3 Å². The summed E-state index contributed by atoms with van der Waals surface area (Å²) in [7, 11) is 0. The normalized spacial score (nSPS) is 12.2. The quantitative estimate of drug-likeness (QED) is 0.446. The van der Waals surface area contributed by atoms with Crippen LogP contribution in [0.3, 0.4) is 0 Å². The molecule has 1 N–H and O–H groups in total. The zero-order valence-corrected chi connectivity index (χ0v) is 15.1. The molecule has 30 heavy (non-hydrogen) atoms. The second kappa shape index (κ2) is 7.59. The molecule has 2 aromatic rings. The molecule has 0 fully saturated rings. The van der Waals surface area contributed by atoms with Crippen molar-refractivity contribution < 1.29 is 0 Å². The summed E-state index contributed by atoms with van der Waals surface area (Å²) in [5.41, 5.74) is -0.576. The van der Waals surface area contributed by atoms with E-state index < -0.39 is 0 Å². The second-order valence-electron chi connectivity index (χ2n) is 5.66. The van der Waals surface area contributed by atoms with E-state index in [1.165, 1.54) is 6.92 Å². The van der Waals surface area contributed by atoms with Gasteiger partial charge in [0.2, 0.25) is 0 Å². The molecule has 0 saturated carbocycles. The second-order valence-corrected chi connectivity index (χ2v) is 5.66. The molecular weight excluding hydrogens is 384 g/mol. The molecular formula is C18H6N12. The number of rotatable bonds is 2. The fourth-order valence-corrected chi connectivity index (χ4v) is 2.77. The number of aliphatic imine (C=N–C) groups is 2. The maximum absolute atomic E-state index is 9.62. The Balaban J connectivity index is 2.67. The molecule has 12 heteroatoms. The number of nitrogens with one attached hydrogen (secondary N) is 1. The molecule has 12 nitrogen and oxygen atoms in total. The first kappa shape index (κ1) is 19.2. The van der Waals surface area contributed by atoms with Crippen molar-refractivity contribution in [1.82, 2.24) is 9.97 Å². The fourth-order valence-electron chi connectivity index (χ4n) is 2.77. The predicted molar refractivity (Wildman–Crippen MR) is 102 cm³/mol. The minimum Gasteiger partial charge on any atom is -0.288 e. The molecule has 0 unspecified atom stereocenters. The van der Waals surface area contributed by atoms with Gasteiger partial charge in [-0.05, 0) is 6.92 Å². The lowest BCUT2D eigenvalue weighted by Crippen LogP contribution is -2.27. The summed E-state index contributed by atoms with van der Waals surface area (Å²) in [5.74, 6) is 0. The van der Waals surface area contributed by atoms with Crippen molar-refractivity contribution in [2.75, 3.05) is 16.8 Å². The number of hydrogen-bond donors (Lipinski definition) is 1. The van der Waals surface area contributed by atoms with E-state index >= 15 is 0 Å². The molecule has 0 aliphatic carbocycles. The summed E-state index contributed by atoms with van der Waals surface area (Å²) in [6.45, 7) is 1.25. The van der Waals surface area contributed by atoms with Crippen molar-refractivity contribution in [1.29, 1.82) is 31.6 Å². The first-order valence-corrected chi connectivity index (χ1v) is 8.00. The predicted octanol–water partition coefficient (Wildman–Crippen LogP) is 1.78. The van der Waals surface area contributed by atoms with Gasteiger partial charge in [-0.3, -0.25) is 10.2 Å². The van der Waals surface area contributed by atoms with Crippen LogP contribution < -0.4 is 10.2 Å². The lowest BCUT2D eigenvalue weighted by Gasteiger charge is -2.25. The van der Waals surface area contributed by atoms with Gasteiger partial charge in [-0.15, -0.1) is 0 Å². The molecule has 0 radical (unpaired) electrons. The third kappa shape index (κ3) is 2.92. The monoisotopic (exact) mass is 390 g/mol. The number of anilines is 2. The smallest absolute Gasteiger partial charge is 0.184 e. The Morgan fingerprint density at radius 2 is 1.67 bits per heavy atom. The summed E-state index contributed by atoms with van der Waals surface area (Å²) in [4.78, 5) is 17.8. The topological polar surface area (TPSA) is 209 Å². The number of hydrogen-bond acceptors (Lipinski definition) is 12. The maximum atomic E-state index is 9.62. The van der Waals surface area contributed by atoms with Crippen molar-refractivity contribution in [2.24, 2.45) is 9.98 Å². The molecule has 1 aromatic heterocycles. The summed E-state index contributed by atoms with van der Waals surface area (Å²) in [6, 6.07) is 7.23. The molecule has 0 bridgehead atoms. The molecule has 0 spiro atoms. The third-order valence-electron chi connectivity index (χ3n) is 3.95. The third-order valence-corrected chi connectivity index (χ3v) is 3.95. The van der Waals surface area contributed by atoms with Gasteiger partial charge in [0.15, 0.2) is 23.8 Å². The van der Waals surface area contributed by atoms with Gasteiger partial charge in [-0.2, -0.15) is 31.6 Å². The van der Waals surface area contributed by atoms with Crippen LogP contribution >= 0.6 is 0 Å². The minimum absolute atomic E-state index is 0.00704. The van der Waals surface area contributed by atoms with Gasteiger partial charge in [-0.1, -0.05) is 0 Å². The van der Waals surface area contributed by atoms with Crippen LogP contribution in [-0.4, -0.2) is 27.9 Å². The summed E-state index contributed by atoms with van der Waals surface area (Å²) in [5, 5.41) is 58.3. The molecule has 1 aliphatic rings. The first-order valence-electron chi connectivity index (χ1n) is 8.00. The highest BCUT2D eigenvalue weighted by atomic mass is 15.2. The van der Waals surface area contributed by atoms with E-state index in [-0.39, 0.29) is 63.1 Å². The average Bonchev–Trinajstić information content (AvgIpc) is 2.78. The Labute approximate surface area is 169 Å². The van der Waals surface area contributed by atoms with E-state index in [0.29, 0.717) is 0 Å². The lowest BCUT2D eigenvalue weighted by atomic mass is 10.1. The molecule has 1 aliphatic heterocycles. The first-order chi connectivity index (χ1) is 14.5. The van der Waals surface area contributed by atoms with Crippen molar-refractivity contribution in [3.63, 3.8) is 0 Å². The van der Waals surface area contributed by atoms with Crippen molar-refractivity contribution in [3.8, 4) is 36.7 Å². The number of nitrogens with zero attached hydrogens (tertiary/aromatic N) is 11. The van der Waals surface area contributed by atoms with E-state index in [1.807, 2.05) is 18.3 Å². The SMILES string of the molecule is C/C(C#N)=N\c1c2c(c3nc(C#N)c(C#N)nc3c1NC#N)N=C(C#N)CN2C#N. The van der Waals surface area contributed by atoms with Gasteiger partial charge in [0, 0.05) is 0 Å². The molecule has 2 heterocycles. The lowest BCUT2D eigenvalue weighted by molar-refractivity contribution is 1.10. The van der Waals surface area contributed by atoms with Crippen molar-refractivity contribution >= 4 is 45.2 Å². The summed E-state index contributed by atoms with van der Waals surface area (Å²) in [6.07, 6.45) is 3.64. The van der Waals surface area contributed by atoms with Crippen LogP contribution in [0.5, 0.6) is 0 Å². The number of fused-ring (bicyclic) bond motifs is 3. The van der Waals surface area contributed by atoms with Gasteiger partial charge < -0.3 is 0 Å². The number of nitriles is 6. The Morgan fingerprint density at radius 3 is 2.20 bits per heavy atom. The number of benzene rings is 1. The molecule has 3 rings (SSSR count). The molecule has 0 atom stereocenters. The highest BCUT2D eigenvalue weighted by molar-refractivity contribution is 6.17. The van der Waals surface area contributed by atoms with Gasteiger partial charge in [-0.25, -0.2) is 20.0 Å². The Kier molecular flexibility index (Phi) is 4.86. The highest BCUT2D eigenvalue weighted by Gasteiger charge is 2.30. The molecule has 1 aromatic carbocycles. The van der Waals surface area contributed by atoms with Gasteiger partial charge >= 0.3 is 0 Å². The van der Waals surface area contributed by atoms with E-state index in [2.05, 4.69) is 25.3 Å². The van der Waals surface area contributed by atoms with Crippen molar-refractivity contribution in [2.45, 2.75) is 6.92 Å². The zero-order chi connectivity index (χ0) is 21.8. The number of aromatic nitrogens is 2. The van der Waals surface area contributed by atoms with Gasteiger partial charge in [0.05, 0.1) is 6.54 Å². The fraction of sp³-hybridized carbons (Fsp3) is 0.111. The van der Waals surface area contributed by atoms with Crippen LogP contribution in [0.4, 0.5) is 22.7 Å². The summed E-state index contributed by atoms with van der Waals surface area (Å²) < 4.78 is 0. The van der Waals surface area contributed by atoms with E-state index in [0.717, 1.165) is 4.90 Å². The Morgan fingerprint density at radius 1 is 1.00 bits per heavy atom. The molecule has 0 saturated heterocycles. The Hall–Kier alpha value is -5.56. The van der Waals surface area contributed by atoms with Gasteiger partial charge in [0.25, 0.3) is 0 Å². The van der Waals surface area contributed by atoms with E-state index in [1.54, 1.807) is 18.3 Å². The van der Waals surface area contributed by atoms with Crippen LogP contribution in [0.2, 0.25) is 0 Å². The van der Waals surface area contributed by atoms with Crippen LogP contribution in [0, 0.1) is 68.2 Å². The van der Waals surface area contributed by atoms with E-state index in [4.69, 9.17) is 5.26 Å². The Bertz CT molecular complexity index is 1420. The van der Waals surface area contributed by atoms with Gasteiger partial charge in [0.1, 0.15) is 69.5 Å². The minimum atomic E-state index is -0.296. The maximum Gasteiger partial charge on any atom is 0.184 e. The summed E-state index contributed by atoms with van der Waals surface area (Å²) >= 11 is 0. The van der Waals surface area contributed by atoms with Crippen LogP contribution in [0.25, 0.3) is 11.0 Å². The molecule has 138 valence electrons. The highest BCUT2D eigenvalue weighted by Crippen LogP contribution is 2.50. The van der Waals surface area contributed by atoms with Crippen LogP contribution in [0.15, 0.2) is 9.98 Å². The largest absolute Gasteiger partial charge is 0.288 e. The average molecular weight is 390 g/mol. The van der Waals surface area contributed by atoms with Crippen molar-refractivity contribution in [3.05, 3.63) is 11.4 Å². The zero-order valence-electron chi connectivity index (χ0n) is 15.1. The molecule has 0 amide bonds. The standard InChI is InChI=1S/C18H6N12/c1-9(2-19)26-16-13(25-7-23)14-15(29-12(5-22)11(4-21)28-14)17-18(16)30(8-24)6-10(3-20)27-17/h25H,6H2,1H3/b26-9+.